The Morgan fingerprint density at radius 3 is 2.51 bits per heavy atom. The average molecular weight is 564 g/mol. The number of nitrogens with zero attached hydrogens (tertiary/aromatic N) is 2. The van der Waals surface area contributed by atoms with Crippen LogP contribution in [0.1, 0.15) is 77.3 Å². The van der Waals surface area contributed by atoms with E-state index in [1.54, 1.807) is 33.8 Å². The molecule has 10 heteroatoms. The molecule has 1 saturated heterocycles. The van der Waals surface area contributed by atoms with E-state index in [4.69, 9.17) is 9.72 Å². The Morgan fingerprint density at radius 1 is 1.07 bits per heavy atom. The number of carbonyl (C=O) groups is 4. The molecule has 4 atom stereocenters. The maximum Gasteiger partial charge on any atom is 0.325 e. The van der Waals surface area contributed by atoms with Crippen molar-refractivity contribution in [1.29, 1.82) is 0 Å². The van der Waals surface area contributed by atoms with Gasteiger partial charge in [0.2, 0.25) is 11.8 Å². The number of hydrogen-bond acceptors (Lipinski definition) is 7. The summed E-state index contributed by atoms with van der Waals surface area (Å²) in [5.41, 5.74) is 5.20. The second-order valence-electron chi connectivity index (χ2n) is 12.0. The lowest BCUT2D eigenvalue weighted by molar-refractivity contribution is -0.157. The Morgan fingerprint density at radius 2 is 1.80 bits per heavy atom. The van der Waals surface area contributed by atoms with E-state index in [9.17, 15) is 19.2 Å². The molecule has 3 N–H and O–H groups in total. The molecule has 1 unspecified atom stereocenters. The van der Waals surface area contributed by atoms with Gasteiger partial charge in [-0.1, -0.05) is 38.1 Å². The topological polar surface area (TPSA) is 130 Å². The highest BCUT2D eigenvalue weighted by molar-refractivity contribution is 5.94. The summed E-state index contributed by atoms with van der Waals surface area (Å²) in [5.74, 6) is -1.84. The van der Waals surface area contributed by atoms with E-state index >= 15 is 0 Å². The van der Waals surface area contributed by atoms with Gasteiger partial charge in [0.25, 0.3) is 5.91 Å². The fourth-order valence-electron chi connectivity index (χ4n) is 5.09. The number of amides is 3. The van der Waals surface area contributed by atoms with Gasteiger partial charge in [0, 0.05) is 11.9 Å². The molecule has 5 bridgehead atoms. The largest absolute Gasteiger partial charge is 0.455 e. The Balaban J connectivity index is 1.73. The molecule has 1 fully saturated rings. The zero-order valence-electron chi connectivity index (χ0n) is 24.9. The predicted octanol–water partition coefficient (Wildman–Crippen LogP) is 3.34. The summed E-state index contributed by atoms with van der Waals surface area (Å²) in [7, 11) is 0. The molecule has 1 aromatic heterocycles. The van der Waals surface area contributed by atoms with E-state index < -0.39 is 41.5 Å². The molecule has 3 heterocycles. The van der Waals surface area contributed by atoms with Crippen LogP contribution in [0.4, 0.5) is 0 Å². The van der Waals surface area contributed by atoms with Gasteiger partial charge in [-0.25, -0.2) is 10.4 Å². The predicted molar refractivity (Wildman–Crippen MR) is 156 cm³/mol. The van der Waals surface area contributed by atoms with Gasteiger partial charge in [-0.2, -0.15) is 0 Å². The van der Waals surface area contributed by atoms with Crippen molar-refractivity contribution in [3.63, 3.8) is 0 Å². The van der Waals surface area contributed by atoms with Gasteiger partial charge in [-0.15, -0.1) is 0 Å². The van der Waals surface area contributed by atoms with Crippen molar-refractivity contribution >= 4 is 40.7 Å². The number of ether oxygens (including phenoxy) is 1. The smallest absolute Gasteiger partial charge is 0.325 e. The van der Waals surface area contributed by atoms with E-state index in [1.807, 2.05) is 51.1 Å². The lowest BCUT2D eigenvalue weighted by atomic mass is 9.89. The molecule has 3 amide bonds. The van der Waals surface area contributed by atoms with Crippen molar-refractivity contribution < 1.29 is 23.9 Å². The van der Waals surface area contributed by atoms with Gasteiger partial charge in [0.15, 0.2) is 0 Å². The number of cyclic esters (lactones) is 1. The molecule has 2 aliphatic rings. The summed E-state index contributed by atoms with van der Waals surface area (Å²) in [6.07, 6.45) is 4.15. The van der Waals surface area contributed by atoms with Gasteiger partial charge in [0.05, 0.1) is 16.6 Å². The summed E-state index contributed by atoms with van der Waals surface area (Å²) in [4.78, 5) is 57.8. The summed E-state index contributed by atoms with van der Waals surface area (Å²) >= 11 is 0. The maximum absolute atomic E-state index is 13.3. The number of aryl methyl sites for hydroxylation is 1. The third-order valence-electron chi connectivity index (χ3n) is 7.73. The molecule has 0 spiro atoms. The van der Waals surface area contributed by atoms with Crippen LogP contribution < -0.4 is 16.1 Å². The Bertz CT molecular complexity index is 1380. The zero-order valence-corrected chi connectivity index (χ0v) is 24.9. The van der Waals surface area contributed by atoms with Crippen LogP contribution in [0.15, 0.2) is 30.3 Å². The first-order chi connectivity index (χ1) is 19.3. The molecular formula is C31H41N5O5. The minimum absolute atomic E-state index is 0.221. The van der Waals surface area contributed by atoms with Gasteiger partial charge in [-0.05, 0) is 76.6 Å². The average Bonchev–Trinajstić information content (AvgIpc) is 2.93. The molecule has 0 radical (unpaired) electrons. The first-order valence-electron chi connectivity index (χ1n) is 14.3. The van der Waals surface area contributed by atoms with Gasteiger partial charge in [-0.3, -0.25) is 24.2 Å². The molecule has 2 aliphatic heterocycles. The molecule has 41 heavy (non-hydrogen) atoms. The summed E-state index contributed by atoms with van der Waals surface area (Å²) in [5, 5.41) is 7.94. The van der Waals surface area contributed by atoms with Crippen LogP contribution in [0.3, 0.4) is 0 Å². The number of rotatable bonds is 1. The number of hydrogen-bond donors (Lipinski definition) is 3. The molecule has 1 aromatic carbocycles. The maximum atomic E-state index is 13.3. The van der Waals surface area contributed by atoms with Crippen LogP contribution in [0.25, 0.3) is 17.0 Å². The second kappa shape index (κ2) is 12.0. The number of hydrazine groups is 1. The van der Waals surface area contributed by atoms with Crippen molar-refractivity contribution in [2.24, 2.45) is 11.3 Å². The molecule has 0 aliphatic carbocycles. The van der Waals surface area contributed by atoms with E-state index in [0.29, 0.717) is 25.1 Å². The van der Waals surface area contributed by atoms with Crippen LogP contribution in [-0.4, -0.2) is 58.4 Å². The standard InChI is InChI=1S/C31H41N5O5/c1-17(2)25-27(37)32-19(4)28(38)36-14-8-9-23(35-36)29(39)41-20(5)26-18(3)15-22-11-10-21(16-24(22)33-26)12-13-31(6,7)30(40)34-25/h10-13,15-17,19-20,23,25,35H,8-9,14H2,1-7H3,(H,32,37)(H,34,40)/b13-12+/t19-,20+,23-,25?/m0/s1. The molecule has 4 rings (SSSR count). The minimum Gasteiger partial charge on any atom is -0.455 e. The van der Waals surface area contributed by atoms with Gasteiger partial charge >= 0.3 is 5.97 Å². The quantitative estimate of drug-likeness (QED) is 0.454. The third-order valence-corrected chi connectivity index (χ3v) is 7.73. The van der Waals surface area contributed by atoms with Crippen LogP contribution in [0.2, 0.25) is 0 Å². The molecular weight excluding hydrogens is 522 g/mol. The van der Waals surface area contributed by atoms with Crippen molar-refractivity contribution in [2.45, 2.75) is 85.5 Å². The van der Waals surface area contributed by atoms with Crippen molar-refractivity contribution in [2.75, 3.05) is 6.54 Å². The molecule has 2 aromatic rings. The van der Waals surface area contributed by atoms with Crippen LogP contribution >= 0.6 is 0 Å². The summed E-state index contributed by atoms with van der Waals surface area (Å²) in [6.45, 7) is 12.9. The first kappa shape index (κ1) is 30.2. The number of fused-ring (bicyclic) bond motifs is 4. The summed E-state index contributed by atoms with van der Waals surface area (Å²) in [6, 6.07) is 5.43. The first-order valence-corrected chi connectivity index (χ1v) is 14.3. The van der Waals surface area contributed by atoms with E-state index in [2.05, 4.69) is 16.1 Å². The van der Waals surface area contributed by atoms with Crippen molar-refractivity contribution in [3.8, 4) is 0 Å². The molecule has 10 nitrogen and oxygen atoms in total. The lowest BCUT2D eigenvalue weighted by Crippen LogP contribution is -2.61. The number of esters is 1. The number of nitrogens with one attached hydrogen (secondary N) is 3. The normalized spacial score (nSPS) is 26.9. The van der Waals surface area contributed by atoms with E-state index in [-0.39, 0.29) is 17.7 Å². The molecule has 220 valence electrons. The van der Waals surface area contributed by atoms with Crippen LogP contribution in [0.5, 0.6) is 0 Å². The SMILES string of the molecule is Cc1cc2ccc3cc2nc1[C@@H](C)OC(=O)[C@@H]1CCCN(N1)C(=O)[C@H](C)NC(=O)C(C(C)C)NC(=O)C(C)(C)/C=C/3. The number of pyridine rings is 1. The van der Waals surface area contributed by atoms with Crippen molar-refractivity contribution in [3.05, 3.63) is 47.2 Å². The second-order valence-corrected chi connectivity index (χ2v) is 12.0. The van der Waals surface area contributed by atoms with E-state index in [0.717, 1.165) is 22.0 Å². The monoisotopic (exact) mass is 563 g/mol. The highest BCUT2D eigenvalue weighted by Gasteiger charge is 2.35. The van der Waals surface area contributed by atoms with Crippen LogP contribution in [0, 0.1) is 18.3 Å². The number of aromatic nitrogens is 1. The van der Waals surface area contributed by atoms with Crippen LogP contribution in [-0.2, 0) is 23.9 Å². The van der Waals surface area contributed by atoms with E-state index in [1.165, 1.54) is 5.01 Å². The molecule has 0 saturated carbocycles. The Labute approximate surface area is 241 Å². The summed E-state index contributed by atoms with van der Waals surface area (Å²) < 4.78 is 5.83. The minimum atomic E-state index is -0.927. The highest BCUT2D eigenvalue weighted by Crippen LogP contribution is 2.27. The van der Waals surface area contributed by atoms with Crippen molar-refractivity contribution in [1.82, 2.24) is 26.1 Å². The van der Waals surface area contributed by atoms with Gasteiger partial charge in [0.1, 0.15) is 24.2 Å². The van der Waals surface area contributed by atoms with Gasteiger partial charge < -0.3 is 15.4 Å². The Hall–Kier alpha value is -3.79. The lowest BCUT2D eigenvalue weighted by Gasteiger charge is -2.35. The fraction of sp³-hybridized carbons (Fsp3) is 0.516. The number of carbonyl (C=O) groups excluding carboxylic acids is 4. The highest BCUT2D eigenvalue weighted by atomic mass is 16.5. The zero-order chi connectivity index (χ0) is 30.1. The Kier molecular flexibility index (Phi) is 8.82. The third kappa shape index (κ3) is 6.75. The number of benzene rings is 1. The fourth-order valence-corrected chi connectivity index (χ4v) is 5.09.